The number of carbonyl (C=O) groups excluding carboxylic acids is 1. The summed E-state index contributed by atoms with van der Waals surface area (Å²) in [6.45, 7) is 0.633. The van der Waals surface area contributed by atoms with Crippen LogP contribution < -0.4 is 0 Å². The van der Waals surface area contributed by atoms with E-state index in [1.165, 1.54) is 0 Å². The highest BCUT2D eigenvalue weighted by Gasteiger charge is 2.12. The molecule has 0 aliphatic carbocycles. The van der Waals surface area contributed by atoms with E-state index in [4.69, 9.17) is 4.52 Å². The Kier molecular flexibility index (Phi) is 5.99. The second kappa shape index (κ2) is 8.40. The standard InChI is InChI=1S/C18H18BrN3O2S/c1-22(12-14-10-11-15(19)25-14)17(23)9-5-8-16-20-18(21-24-16)13-6-3-2-4-7-13/h2-4,6-7,10-11H,5,8-9,12H2,1H3. The van der Waals surface area contributed by atoms with Crippen LogP contribution in [-0.2, 0) is 17.8 Å². The number of amides is 1. The molecule has 1 amide bonds. The zero-order chi connectivity index (χ0) is 17.6. The van der Waals surface area contributed by atoms with Gasteiger partial charge in [0.25, 0.3) is 0 Å². The Morgan fingerprint density at radius 3 is 2.76 bits per heavy atom. The van der Waals surface area contributed by atoms with E-state index in [2.05, 4.69) is 26.1 Å². The first kappa shape index (κ1) is 17.8. The summed E-state index contributed by atoms with van der Waals surface area (Å²) in [4.78, 5) is 19.5. The summed E-state index contributed by atoms with van der Waals surface area (Å²) in [5.41, 5.74) is 0.926. The number of hydrogen-bond donors (Lipinski definition) is 0. The van der Waals surface area contributed by atoms with Gasteiger partial charge in [0.05, 0.1) is 10.3 Å². The molecule has 2 aromatic heterocycles. The molecule has 2 heterocycles. The van der Waals surface area contributed by atoms with Crippen molar-refractivity contribution in [1.29, 1.82) is 0 Å². The zero-order valence-electron chi connectivity index (χ0n) is 13.8. The van der Waals surface area contributed by atoms with Crippen molar-refractivity contribution in [3.05, 3.63) is 57.0 Å². The fourth-order valence-corrected chi connectivity index (χ4v) is 3.94. The molecular weight excluding hydrogens is 402 g/mol. The smallest absolute Gasteiger partial charge is 0.226 e. The first-order valence-electron chi connectivity index (χ1n) is 7.98. The third kappa shape index (κ3) is 4.99. The molecule has 0 N–H and O–H groups in total. The van der Waals surface area contributed by atoms with Gasteiger partial charge in [-0.1, -0.05) is 35.5 Å². The van der Waals surface area contributed by atoms with Gasteiger partial charge in [-0.3, -0.25) is 4.79 Å². The fourth-order valence-electron chi connectivity index (χ4n) is 2.40. The summed E-state index contributed by atoms with van der Waals surface area (Å²) >= 11 is 5.08. The molecule has 0 radical (unpaired) electrons. The molecule has 3 rings (SSSR count). The summed E-state index contributed by atoms with van der Waals surface area (Å²) in [6.07, 6.45) is 1.75. The monoisotopic (exact) mass is 419 g/mol. The average Bonchev–Trinajstić information content (AvgIpc) is 3.25. The Morgan fingerprint density at radius 1 is 1.24 bits per heavy atom. The first-order chi connectivity index (χ1) is 12.1. The minimum absolute atomic E-state index is 0.118. The molecular formula is C18H18BrN3O2S. The minimum Gasteiger partial charge on any atom is -0.341 e. The lowest BCUT2D eigenvalue weighted by atomic mass is 10.2. The highest BCUT2D eigenvalue weighted by atomic mass is 79.9. The lowest BCUT2D eigenvalue weighted by Crippen LogP contribution is -2.25. The third-order valence-corrected chi connectivity index (χ3v) is 5.34. The maximum atomic E-state index is 12.2. The molecule has 1 aromatic carbocycles. The number of halogens is 1. The molecule has 0 unspecified atom stereocenters. The normalized spacial score (nSPS) is 10.8. The molecule has 0 bridgehead atoms. The predicted octanol–water partition coefficient (Wildman–Crippen LogP) is 4.54. The van der Waals surface area contributed by atoms with Crippen LogP contribution in [0.5, 0.6) is 0 Å². The summed E-state index contributed by atoms with van der Waals surface area (Å²) in [5, 5.41) is 3.99. The number of benzene rings is 1. The molecule has 5 nitrogen and oxygen atoms in total. The van der Waals surface area contributed by atoms with E-state index in [0.717, 1.165) is 14.2 Å². The summed E-state index contributed by atoms with van der Waals surface area (Å²) in [7, 11) is 1.83. The second-order valence-corrected chi connectivity index (χ2v) is 8.23. The highest BCUT2D eigenvalue weighted by Crippen LogP contribution is 2.23. The Labute approximate surface area is 158 Å². The van der Waals surface area contributed by atoms with Gasteiger partial charge in [-0.05, 0) is 34.5 Å². The number of aryl methyl sites for hydroxylation is 1. The van der Waals surface area contributed by atoms with Gasteiger partial charge in [0, 0.05) is 30.3 Å². The van der Waals surface area contributed by atoms with Gasteiger partial charge in [-0.2, -0.15) is 4.98 Å². The number of rotatable bonds is 7. The quantitative estimate of drug-likeness (QED) is 0.563. The fraction of sp³-hybridized carbons (Fsp3) is 0.278. The van der Waals surface area contributed by atoms with Crippen molar-refractivity contribution in [2.75, 3.05) is 7.05 Å². The largest absolute Gasteiger partial charge is 0.341 e. The van der Waals surface area contributed by atoms with Crippen molar-refractivity contribution in [3.63, 3.8) is 0 Å². The summed E-state index contributed by atoms with van der Waals surface area (Å²) < 4.78 is 6.35. The predicted molar refractivity (Wildman–Crippen MR) is 101 cm³/mol. The van der Waals surface area contributed by atoms with Gasteiger partial charge < -0.3 is 9.42 Å². The van der Waals surface area contributed by atoms with E-state index >= 15 is 0 Å². The Bertz CT molecular complexity index is 832. The maximum absolute atomic E-state index is 12.2. The Balaban J connectivity index is 1.46. The van der Waals surface area contributed by atoms with Crippen LogP contribution in [0.4, 0.5) is 0 Å². The van der Waals surface area contributed by atoms with Crippen LogP contribution in [0, 0.1) is 0 Å². The van der Waals surface area contributed by atoms with Crippen LogP contribution >= 0.6 is 27.3 Å². The summed E-state index contributed by atoms with van der Waals surface area (Å²) in [6, 6.07) is 13.7. The second-order valence-electron chi connectivity index (χ2n) is 5.69. The van der Waals surface area contributed by atoms with Gasteiger partial charge in [0.2, 0.25) is 17.6 Å². The number of carbonyl (C=O) groups is 1. The molecule has 0 saturated heterocycles. The Hall–Kier alpha value is -1.99. The van der Waals surface area contributed by atoms with Gasteiger partial charge in [-0.25, -0.2) is 0 Å². The van der Waals surface area contributed by atoms with Gasteiger partial charge in [-0.15, -0.1) is 11.3 Å². The zero-order valence-corrected chi connectivity index (χ0v) is 16.2. The van der Waals surface area contributed by atoms with Crippen molar-refractivity contribution >= 4 is 33.2 Å². The minimum atomic E-state index is 0.118. The van der Waals surface area contributed by atoms with Crippen molar-refractivity contribution in [2.45, 2.75) is 25.8 Å². The van der Waals surface area contributed by atoms with Crippen molar-refractivity contribution in [2.24, 2.45) is 0 Å². The molecule has 0 aliphatic rings. The summed E-state index contributed by atoms with van der Waals surface area (Å²) in [5.74, 6) is 1.27. The number of nitrogens with zero attached hydrogens (tertiary/aromatic N) is 3. The van der Waals surface area contributed by atoms with Crippen LogP contribution in [0.3, 0.4) is 0 Å². The van der Waals surface area contributed by atoms with Crippen LogP contribution in [-0.4, -0.2) is 28.0 Å². The topological polar surface area (TPSA) is 59.2 Å². The van der Waals surface area contributed by atoms with E-state index in [-0.39, 0.29) is 5.91 Å². The molecule has 130 valence electrons. The van der Waals surface area contributed by atoms with Gasteiger partial charge in [0.1, 0.15) is 0 Å². The van der Waals surface area contributed by atoms with Crippen molar-refractivity contribution in [1.82, 2.24) is 15.0 Å². The lowest BCUT2D eigenvalue weighted by molar-refractivity contribution is -0.130. The maximum Gasteiger partial charge on any atom is 0.226 e. The lowest BCUT2D eigenvalue weighted by Gasteiger charge is -2.15. The van der Waals surface area contributed by atoms with Crippen molar-refractivity contribution < 1.29 is 9.32 Å². The molecule has 3 aromatic rings. The molecule has 7 heteroatoms. The first-order valence-corrected chi connectivity index (χ1v) is 9.59. The molecule has 0 aliphatic heterocycles. The van der Waals surface area contributed by atoms with E-state index in [9.17, 15) is 4.79 Å². The number of hydrogen-bond acceptors (Lipinski definition) is 5. The van der Waals surface area contributed by atoms with Crippen LogP contribution in [0.15, 0.2) is 50.8 Å². The highest BCUT2D eigenvalue weighted by molar-refractivity contribution is 9.11. The van der Waals surface area contributed by atoms with Crippen molar-refractivity contribution in [3.8, 4) is 11.4 Å². The van der Waals surface area contributed by atoms with Gasteiger partial charge in [0.15, 0.2) is 0 Å². The average molecular weight is 420 g/mol. The van der Waals surface area contributed by atoms with E-state index < -0.39 is 0 Å². The van der Waals surface area contributed by atoms with Crippen LogP contribution in [0.25, 0.3) is 11.4 Å². The molecule has 25 heavy (non-hydrogen) atoms. The van der Waals surface area contributed by atoms with E-state index in [0.29, 0.717) is 37.5 Å². The number of aromatic nitrogens is 2. The SMILES string of the molecule is CN(Cc1ccc(Br)s1)C(=O)CCCc1nc(-c2ccccc2)no1. The van der Waals surface area contributed by atoms with Crippen LogP contribution in [0.1, 0.15) is 23.6 Å². The Morgan fingerprint density at radius 2 is 2.04 bits per heavy atom. The molecule has 0 spiro atoms. The molecule has 0 fully saturated rings. The van der Waals surface area contributed by atoms with Gasteiger partial charge >= 0.3 is 0 Å². The van der Waals surface area contributed by atoms with Crippen LogP contribution in [0.2, 0.25) is 0 Å². The molecule has 0 saturated carbocycles. The van der Waals surface area contributed by atoms with E-state index in [1.807, 2.05) is 49.5 Å². The number of thiophene rings is 1. The van der Waals surface area contributed by atoms with E-state index in [1.54, 1.807) is 16.2 Å². The third-order valence-electron chi connectivity index (χ3n) is 3.73. The molecule has 0 atom stereocenters.